The zero-order chi connectivity index (χ0) is 34.2. The number of hydrogen-bond donors (Lipinski definition) is 1. The normalized spacial score (nSPS) is 23.4. The van der Waals surface area contributed by atoms with Crippen LogP contribution in [-0.2, 0) is 0 Å². The average molecular weight is 649 g/mol. The first-order valence-electron chi connectivity index (χ1n) is 17.8. The molecule has 4 nitrogen and oxygen atoms in total. The summed E-state index contributed by atoms with van der Waals surface area (Å²) in [4.78, 5) is 2.44. The molecule has 0 aromatic heterocycles. The van der Waals surface area contributed by atoms with Crippen LogP contribution >= 0.6 is 0 Å². The Morgan fingerprint density at radius 3 is 2.58 bits per heavy atom. The van der Waals surface area contributed by atoms with E-state index in [1.54, 1.807) is 0 Å². The first-order chi connectivity index (χ1) is 24.5. The lowest BCUT2D eigenvalue weighted by Gasteiger charge is -2.33. The summed E-state index contributed by atoms with van der Waals surface area (Å²) in [6.45, 7) is 4.46. The minimum absolute atomic E-state index is 0.126. The summed E-state index contributed by atoms with van der Waals surface area (Å²) in [6.07, 6.45) is 28.6. The number of nitriles is 2. The Morgan fingerprint density at radius 1 is 0.860 bits per heavy atom. The zero-order valence-electron chi connectivity index (χ0n) is 28.6. The van der Waals surface area contributed by atoms with Gasteiger partial charge in [0.05, 0.1) is 22.9 Å². The van der Waals surface area contributed by atoms with Gasteiger partial charge in [-0.25, -0.2) is 0 Å². The van der Waals surface area contributed by atoms with Crippen LogP contribution in [0, 0.1) is 41.4 Å². The molecule has 4 unspecified atom stereocenters. The van der Waals surface area contributed by atoms with Crippen molar-refractivity contribution in [2.24, 2.45) is 11.8 Å². The van der Waals surface area contributed by atoms with Crippen molar-refractivity contribution in [2.75, 3.05) is 4.90 Å². The number of fused-ring (bicyclic) bond motifs is 2. The van der Waals surface area contributed by atoms with Crippen LogP contribution in [0.2, 0.25) is 0 Å². The smallest absolute Gasteiger partial charge is 0.101 e. The summed E-state index contributed by atoms with van der Waals surface area (Å²) < 4.78 is 0. The minimum atomic E-state index is 0.126. The van der Waals surface area contributed by atoms with E-state index in [1.165, 1.54) is 33.7 Å². The lowest BCUT2D eigenvalue weighted by Crippen LogP contribution is -2.33. The van der Waals surface area contributed by atoms with Gasteiger partial charge in [-0.1, -0.05) is 116 Å². The summed E-state index contributed by atoms with van der Waals surface area (Å²) in [5.74, 6) is 0.734. The first kappa shape index (κ1) is 31.4. The molecule has 4 atom stereocenters. The molecule has 0 bridgehead atoms. The van der Waals surface area contributed by atoms with E-state index >= 15 is 0 Å². The topological polar surface area (TPSA) is 62.9 Å². The summed E-state index contributed by atoms with van der Waals surface area (Å²) in [7, 11) is 0. The molecule has 0 fully saturated rings. The molecule has 50 heavy (non-hydrogen) atoms. The third-order valence-corrected chi connectivity index (χ3v) is 10.7. The highest BCUT2D eigenvalue weighted by Gasteiger charge is 2.40. The second kappa shape index (κ2) is 13.2. The van der Waals surface area contributed by atoms with Gasteiger partial charge in [-0.3, -0.25) is 0 Å². The molecule has 1 aliphatic heterocycles. The molecular weight excluding hydrogens is 609 g/mol. The Bertz CT molecular complexity index is 2220. The second-order valence-corrected chi connectivity index (χ2v) is 13.9. The van der Waals surface area contributed by atoms with E-state index in [1.807, 2.05) is 6.07 Å². The summed E-state index contributed by atoms with van der Waals surface area (Å²) in [5, 5.41) is 24.6. The Morgan fingerprint density at radius 2 is 1.72 bits per heavy atom. The number of benzene rings is 3. The summed E-state index contributed by atoms with van der Waals surface area (Å²) in [6, 6.07) is 26.0. The maximum atomic E-state index is 10.6. The van der Waals surface area contributed by atoms with Crippen LogP contribution in [0.5, 0.6) is 0 Å². The maximum Gasteiger partial charge on any atom is 0.101 e. The van der Waals surface area contributed by atoms with Crippen molar-refractivity contribution < 1.29 is 0 Å². The summed E-state index contributed by atoms with van der Waals surface area (Å²) >= 11 is 0. The molecule has 3 aromatic rings. The molecule has 8 rings (SSSR count). The van der Waals surface area contributed by atoms with Crippen molar-refractivity contribution in [3.05, 3.63) is 172 Å². The van der Waals surface area contributed by atoms with E-state index in [0.717, 1.165) is 53.6 Å². The molecule has 0 amide bonds. The third kappa shape index (κ3) is 5.58. The van der Waals surface area contributed by atoms with E-state index in [9.17, 15) is 10.5 Å². The fourth-order valence-corrected chi connectivity index (χ4v) is 8.32. The molecule has 3 aromatic carbocycles. The van der Waals surface area contributed by atoms with Gasteiger partial charge in [0.2, 0.25) is 0 Å². The van der Waals surface area contributed by atoms with E-state index in [4.69, 9.17) is 0 Å². The fraction of sp³-hybridized carbons (Fsp3) is 0.217. The standard InChI is InChI=1S/C46H40N4/c1-30-21-23-38(37-16-4-3-11-31(37)2)42(25-30)49-36-15-10-13-33(27-36)32-12-9-14-34(26-32)46-41(29-48)35(28-47)22-24-45(46)50-43-19-7-5-17-39(43)40-18-6-8-20-44(40)50/h3-7,9-14,16-19,21-24,26-27,30,36,39,43,49H,8,15,20,25H2,1-2H3. The number of rotatable bonds is 6. The Balaban J connectivity index is 1.19. The highest BCUT2D eigenvalue weighted by molar-refractivity contribution is 5.90. The predicted octanol–water partition coefficient (Wildman–Crippen LogP) is 10.2. The van der Waals surface area contributed by atoms with Crippen LogP contribution in [0.1, 0.15) is 60.4 Å². The second-order valence-electron chi connectivity index (χ2n) is 13.9. The van der Waals surface area contributed by atoms with Gasteiger partial charge < -0.3 is 10.2 Å². The van der Waals surface area contributed by atoms with Crippen LogP contribution in [0.25, 0.3) is 22.3 Å². The molecule has 5 aliphatic rings. The fourth-order valence-electron chi connectivity index (χ4n) is 8.32. The van der Waals surface area contributed by atoms with Crippen molar-refractivity contribution in [1.82, 2.24) is 5.32 Å². The first-order valence-corrected chi connectivity index (χ1v) is 17.8. The Hall–Kier alpha value is -5.84. The van der Waals surface area contributed by atoms with Crippen LogP contribution < -0.4 is 10.2 Å². The van der Waals surface area contributed by atoms with Gasteiger partial charge in [0, 0.05) is 34.5 Å². The summed E-state index contributed by atoms with van der Waals surface area (Å²) in [5.41, 5.74) is 13.6. The van der Waals surface area contributed by atoms with Crippen LogP contribution in [0.4, 0.5) is 5.69 Å². The molecule has 1 heterocycles. The number of aryl methyl sites for hydroxylation is 1. The largest absolute Gasteiger partial charge is 0.381 e. The average Bonchev–Trinajstić information content (AvgIpc) is 3.49. The van der Waals surface area contributed by atoms with Gasteiger partial charge in [0.1, 0.15) is 12.1 Å². The van der Waals surface area contributed by atoms with Crippen LogP contribution in [0.3, 0.4) is 0 Å². The van der Waals surface area contributed by atoms with Gasteiger partial charge in [-0.05, 0) is 90.1 Å². The molecule has 1 N–H and O–H groups in total. The molecule has 4 heteroatoms. The molecular formula is C46H40N4. The van der Waals surface area contributed by atoms with Crippen molar-refractivity contribution in [3.8, 4) is 23.3 Å². The minimum Gasteiger partial charge on any atom is -0.381 e. The Kier molecular flexibility index (Phi) is 8.31. The van der Waals surface area contributed by atoms with Gasteiger partial charge >= 0.3 is 0 Å². The number of nitrogens with zero attached hydrogens (tertiary/aromatic N) is 3. The van der Waals surface area contributed by atoms with Crippen molar-refractivity contribution in [1.29, 1.82) is 10.5 Å². The van der Waals surface area contributed by atoms with Gasteiger partial charge in [-0.2, -0.15) is 10.5 Å². The van der Waals surface area contributed by atoms with E-state index < -0.39 is 0 Å². The predicted molar refractivity (Wildman–Crippen MR) is 204 cm³/mol. The van der Waals surface area contributed by atoms with Crippen molar-refractivity contribution in [3.63, 3.8) is 0 Å². The quantitative estimate of drug-likeness (QED) is 0.289. The molecule has 0 spiro atoms. The number of anilines is 1. The van der Waals surface area contributed by atoms with Crippen LogP contribution in [-0.4, -0.2) is 12.1 Å². The monoisotopic (exact) mass is 648 g/mol. The van der Waals surface area contributed by atoms with Gasteiger partial charge in [0.25, 0.3) is 0 Å². The molecule has 0 radical (unpaired) electrons. The number of hydrogen-bond acceptors (Lipinski definition) is 4. The van der Waals surface area contributed by atoms with E-state index in [2.05, 4.69) is 158 Å². The molecule has 244 valence electrons. The van der Waals surface area contributed by atoms with Gasteiger partial charge in [0.15, 0.2) is 0 Å². The Labute approximate surface area is 295 Å². The highest BCUT2D eigenvalue weighted by Crippen LogP contribution is 2.48. The highest BCUT2D eigenvalue weighted by atomic mass is 15.2. The number of allylic oxidation sites excluding steroid dienone is 11. The maximum absolute atomic E-state index is 10.6. The van der Waals surface area contributed by atoms with Crippen molar-refractivity contribution in [2.45, 2.75) is 51.6 Å². The lowest BCUT2D eigenvalue weighted by atomic mass is 9.87. The molecule has 0 saturated carbocycles. The van der Waals surface area contributed by atoms with Gasteiger partial charge in [-0.15, -0.1) is 0 Å². The third-order valence-electron chi connectivity index (χ3n) is 10.7. The SMILES string of the molecule is Cc1ccccc1C1=C(NC2C=C(c3cccc(-c4c(N5C6=C(C=CCC6)C6C=CC=CC65)ccc(C#N)c4C#N)c3)C=CC2)CC(C)C=C1. The van der Waals surface area contributed by atoms with Crippen LogP contribution in [0.15, 0.2) is 144 Å². The van der Waals surface area contributed by atoms with Crippen molar-refractivity contribution >= 4 is 16.8 Å². The van der Waals surface area contributed by atoms with E-state index in [0.29, 0.717) is 17.0 Å². The molecule has 4 aliphatic carbocycles. The molecule has 0 saturated heterocycles. The van der Waals surface area contributed by atoms with E-state index in [-0.39, 0.29) is 18.0 Å². The number of nitrogens with one attached hydrogen (secondary N) is 1. The lowest BCUT2D eigenvalue weighted by molar-refractivity contribution is 0.601. The zero-order valence-corrected chi connectivity index (χ0v) is 28.6.